The van der Waals surface area contributed by atoms with E-state index in [0.717, 1.165) is 22.9 Å². The molecule has 11 heteroatoms. The smallest absolute Gasteiger partial charge is 0.289 e. The third kappa shape index (κ3) is 4.51. The molecule has 4 aromatic rings. The van der Waals surface area contributed by atoms with Crippen LogP contribution in [-0.4, -0.2) is 37.3 Å². The van der Waals surface area contributed by atoms with E-state index in [-0.39, 0.29) is 30.0 Å². The van der Waals surface area contributed by atoms with Gasteiger partial charge in [-0.25, -0.2) is 0 Å². The van der Waals surface area contributed by atoms with Crippen molar-refractivity contribution >= 4 is 28.8 Å². The molecule has 5 rings (SSSR count). The summed E-state index contributed by atoms with van der Waals surface area (Å²) in [5.74, 6) is -3.41. The van der Waals surface area contributed by atoms with Crippen molar-refractivity contribution in [2.75, 3.05) is 6.54 Å². The minimum absolute atomic E-state index is 0.0561. The van der Waals surface area contributed by atoms with Crippen molar-refractivity contribution in [3.8, 4) is 11.1 Å². The number of hydrogen-bond acceptors (Lipinski definition) is 6. The molecule has 0 fully saturated rings. The molecule has 0 saturated carbocycles. The summed E-state index contributed by atoms with van der Waals surface area (Å²) in [4.78, 5) is 19.1. The SMILES string of the molecule is C=CC(=O)N1Cc2sc(Cl)cc2[C@H](c2ccccc2-c2cn(Cc3ncno3)nc2C(C)(F)F)C1. The summed E-state index contributed by atoms with van der Waals surface area (Å²) in [7, 11) is 0. The molecule has 0 saturated heterocycles. The van der Waals surface area contributed by atoms with Gasteiger partial charge >= 0.3 is 0 Å². The molecule has 1 aromatic carbocycles. The quantitative estimate of drug-likeness (QED) is 0.318. The normalized spacial score (nSPS) is 15.8. The van der Waals surface area contributed by atoms with Crippen LogP contribution < -0.4 is 0 Å². The molecule has 1 amide bonds. The Morgan fingerprint density at radius 2 is 2.14 bits per heavy atom. The van der Waals surface area contributed by atoms with Gasteiger partial charge in [0.25, 0.3) is 5.92 Å². The van der Waals surface area contributed by atoms with Crippen molar-refractivity contribution in [2.24, 2.45) is 0 Å². The summed E-state index contributed by atoms with van der Waals surface area (Å²) < 4.78 is 36.4. The lowest BCUT2D eigenvalue weighted by molar-refractivity contribution is -0.127. The number of alkyl halides is 2. The molecule has 1 aliphatic heterocycles. The van der Waals surface area contributed by atoms with Gasteiger partial charge in [0.05, 0.1) is 10.9 Å². The van der Waals surface area contributed by atoms with Crippen molar-refractivity contribution in [2.45, 2.75) is 31.9 Å². The third-order valence-corrected chi connectivity index (χ3v) is 7.18. The maximum Gasteiger partial charge on any atom is 0.289 e. The fourth-order valence-electron chi connectivity index (χ4n) is 4.42. The Kier molecular flexibility index (Phi) is 6.02. The lowest BCUT2D eigenvalue weighted by atomic mass is 9.83. The van der Waals surface area contributed by atoms with Crippen molar-refractivity contribution in [1.29, 1.82) is 0 Å². The van der Waals surface area contributed by atoms with Crippen LogP contribution in [0, 0.1) is 0 Å². The second kappa shape index (κ2) is 9.01. The molecule has 0 N–H and O–H groups in total. The predicted molar refractivity (Wildman–Crippen MR) is 127 cm³/mol. The number of carbonyl (C=O) groups excluding carboxylic acids is 1. The Morgan fingerprint density at radius 3 is 2.86 bits per heavy atom. The van der Waals surface area contributed by atoms with Gasteiger partial charge in [-0.3, -0.25) is 9.48 Å². The standard InChI is InChI=1S/C24H20ClF2N5O2S/c1-3-22(33)31-9-17(16-8-20(25)35-19(16)11-31)14-6-4-5-7-15(14)18-10-32(12-21-28-13-29-34-21)30-23(18)24(2,26)27/h3-8,10,13,17H,1,9,11-12H2,2H3/t17-/m0/s1. The second-order valence-corrected chi connectivity index (χ2v) is 10.1. The number of benzene rings is 1. The first-order valence-electron chi connectivity index (χ1n) is 10.7. The van der Waals surface area contributed by atoms with Gasteiger partial charge in [-0.05, 0) is 28.8 Å². The largest absolute Gasteiger partial charge is 0.338 e. The minimum Gasteiger partial charge on any atom is -0.338 e. The molecule has 35 heavy (non-hydrogen) atoms. The van der Waals surface area contributed by atoms with Crippen molar-refractivity contribution < 1.29 is 18.1 Å². The summed E-state index contributed by atoms with van der Waals surface area (Å²) in [6.45, 7) is 5.28. The van der Waals surface area contributed by atoms with E-state index in [1.54, 1.807) is 23.2 Å². The highest BCUT2D eigenvalue weighted by molar-refractivity contribution is 7.16. The molecule has 4 heterocycles. The van der Waals surface area contributed by atoms with E-state index in [1.807, 2.05) is 18.2 Å². The topological polar surface area (TPSA) is 77.0 Å². The number of carbonyl (C=O) groups is 1. The molecule has 3 aromatic heterocycles. The van der Waals surface area contributed by atoms with Gasteiger partial charge in [0.15, 0.2) is 6.33 Å². The molecular weight excluding hydrogens is 496 g/mol. The number of fused-ring (bicyclic) bond motifs is 1. The first-order chi connectivity index (χ1) is 16.7. The number of halogens is 3. The number of aromatic nitrogens is 4. The average Bonchev–Trinajstić information content (AvgIpc) is 3.57. The molecule has 0 unspecified atom stereocenters. The highest BCUT2D eigenvalue weighted by Gasteiger charge is 2.36. The van der Waals surface area contributed by atoms with Crippen molar-refractivity contribution in [3.05, 3.63) is 87.4 Å². The third-order valence-electron chi connectivity index (χ3n) is 5.92. The maximum atomic E-state index is 14.7. The van der Waals surface area contributed by atoms with Crippen LogP contribution in [0.2, 0.25) is 4.34 Å². The van der Waals surface area contributed by atoms with Gasteiger partial charge in [0, 0.05) is 36.0 Å². The van der Waals surface area contributed by atoms with Crippen LogP contribution in [0.4, 0.5) is 8.78 Å². The summed E-state index contributed by atoms with van der Waals surface area (Å²) in [5, 5.41) is 7.72. The average molecular weight is 516 g/mol. The fraction of sp³-hybridized carbons (Fsp3) is 0.250. The van der Waals surface area contributed by atoms with Crippen LogP contribution in [-0.2, 0) is 23.8 Å². The Hall–Kier alpha value is -3.37. The van der Waals surface area contributed by atoms with E-state index in [9.17, 15) is 13.6 Å². The summed E-state index contributed by atoms with van der Waals surface area (Å²) in [6, 6.07) is 9.23. The molecule has 0 spiro atoms. The van der Waals surface area contributed by atoms with E-state index in [4.69, 9.17) is 16.1 Å². The highest BCUT2D eigenvalue weighted by atomic mass is 35.5. The highest BCUT2D eigenvalue weighted by Crippen LogP contribution is 2.44. The Labute approximate surface area is 208 Å². The first-order valence-corrected chi connectivity index (χ1v) is 11.9. The Balaban J connectivity index is 1.64. The van der Waals surface area contributed by atoms with Crippen LogP contribution in [0.15, 0.2) is 60.0 Å². The van der Waals surface area contributed by atoms with E-state index >= 15 is 0 Å². The number of thiophene rings is 1. The lowest BCUT2D eigenvalue weighted by Crippen LogP contribution is -2.37. The number of amides is 1. The molecule has 1 atom stereocenters. The van der Waals surface area contributed by atoms with E-state index in [0.29, 0.717) is 28.6 Å². The summed E-state index contributed by atoms with van der Waals surface area (Å²) in [6.07, 6.45) is 4.08. The van der Waals surface area contributed by atoms with Gasteiger partial charge in [0.2, 0.25) is 11.8 Å². The molecule has 0 radical (unpaired) electrons. The van der Waals surface area contributed by atoms with Gasteiger partial charge in [-0.15, -0.1) is 11.3 Å². The van der Waals surface area contributed by atoms with Crippen LogP contribution in [0.25, 0.3) is 11.1 Å². The predicted octanol–water partition coefficient (Wildman–Crippen LogP) is 5.47. The molecule has 7 nitrogen and oxygen atoms in total. The fourth-order valence-corrected chi connectivity index (χ4v) is 5.78. The number of rotatable bonds is 6. The number of hydrogen-bond donors (Lipinski definition) is 0. The van der Waals surface area contributed by atoms with Gasteiger partial charge in [-0.1, -0.05) is 47.6 Å². The first kappa shape index (κ1) is 23.4. The van der Waals surface area contributed by atoms with E-state index in [1.165, 1.54) is 28.4 Å². The van der Waals surface area contributed by atoms with Crippen molar-refractivity contribution in [1.82, 2.24) is 24.8 Å². The van der Waals surface area contributed by atoms with Gasteiger partial charge < -0.3 is 9.42 Å². The van der Waals surface area contributed by atoms with Gasteiger partial charge in [-0.2, -0.15) is 18.9 Å². The molecule has 1 aliphatic rings. The van der Waals surface area contributed by atoms with Crippen molar-refractivity contribution in [3.63, 3.8) is 0 Å². The second-order valence-electron chi connectivity index (χ2n) is 8.30. The maximum absolute atomic E-state index is 14.7. The minimum atomic E-state index is -3.20. The molecule has 0 bridgehead atoms. The zero-order valence-electron chi connectivity index (χ0n) is 18.6. The van der Waals surface area contributed by atoms with E-state index in [2.05, 4.69) is 21.8 Å². The summed E-state index contributed by atoms with van der Waals surface area (Å²) in [5.41, 5.74) is 2.33. The van der Waals surface area contributed by atoms with Crippen LogP contribution in [0.3, 0.4) is 0 Å². The monoisotopic (exact) mass is 515 g/mol. The molecule has 0 aliphatic carbocycles. The van der Waals surface area contributed by atoms with Crippen LogP contribution >= 0.6 is 22.9 Å². The van der Waals surface area contributed by atoms with E-state index < -0.39 is 5.92 Å². The van der Waals surface area contributed by atoms with Crippen LogP contribution in [0.1, 0.15) is 40.4 Å². The summed E-state index contributed by atoms with van der Waals surface area (Å²) >= 11 is 7.75. The molecular formula is C24H20ClF2N5O2S. The van der Waals surface area contributed by atoms with Crippen LogP contribution in [0.5, 0.6) is 0 Å². The zero-order chi connectivity index (χ0) is 24.7. The zero-order valence-corrected chi connectivity index (χ0v) is 20.2. The lowest BCUT2D eigenvalue weighted by Gasteiger charge is -2.33. The van der Waals surface area contributed by atoms with Gasteiger partial charge in [0.1, 0.15) is 12.2 Å². The number of nitrogens with zero attached hydrogens (tertiary/aromatic N) is 5. The Bertz CT molecular complexity index is 1390. The molecule has 180 valence electrons. The Morgan fingerprint density at radius 1 is 1.34 bits per heavy atom.